The number of benzene rings is 1. The number of rotatable bonds is 7. The lowest BCUT2D eigenvalue weighted by Gasteiger charge is -2.35. The van der Waals surface area contributed by atoms with E-state index in [9.17, 15) is 14.4 Å². The van der Waals surface area contributed by atoms with Crippen molar-refractivity contribution in [3.05, 3.63) is 28.3 Å². The van der Waals surface area contributed by atoms with Gasteiger partial charge in [0.25, 0.3) is 5.91 Å². The smallest absolute Gasteiger partial charge is 0.322 e. The van der Waals surface area contributed by atoms with Crippen molar-refractivity contribution in [1.82, 2.24) is 15.5 Å². The molecule has 0 saturated carbocycles. The largest absolute Gasteiger partial charge is 0.495 e. The zero-order valence-electron chi connectivity index (χ0n) is 18.4. The number of hydrogen-bond donors (Lipinski definition) is 2. The van der Waals surface area contributed by atoms with Crippen LogP contribution in [0.3, 0.4) is 0 Å². The number of halogens is 1. The van der Waals surface area contributed by atoms with E-state index in [-0.39, 0.29) is 18.9 Å². The molecule has 8 nitrogen and oxygen atoms in total. The first-order valence-corrected chi connectivity index (χ1v) is 10.8. The molecule has 2 aliphatic rings. The van der Waals surface area contributed by atoms with Gasteiger partial charge in [0, 0.05) is 26.1 Å². The highest BCUT2D eigenvalue weighted by molar-refractivity contribution is 6.32. The normalized spacial score (nSPS) is 22.8. The second kappa shape index (κ2) is 9.44. The third-order valence-electron chi connectivity index (χ3n) is 6.22. The maximum Gasteiger partial charge on any atom is 0.322 e. The minimum Gasteiger partial charge on any atom is -0.495 e. The predicted molar refractivity (Wildman–Crippen MR) is 116 cm³/mol. The Morgan fingerprint density at radius 3 is 2.52 bits per heavy atom. The molecule has 2 heterocycles. The third kappa shape index (κ3) is 4.80. The first-order chi connectivity index (χ1) is 14.7. The number of likely N-dealkylation sites (tertiary alicyclic amines) is 1. The Balaban J connectivity index is 1.63. The van der Waals surface area contributed by atoms with Crippen molar-refractivity contribution in [3.8, 4) is 5.75 Å². The Morgan fingerprint density at radius 1 is 1.29 bits per heavy atom. The molecule has 0 bridgehead atoms. The van der Waals surface area contributed by atoms with E-state index in [1.54, 1.807) is 14.0 Å². The van der Waals surface area contributed by atoms with Crippen LogP contribution in [0.5, 0.6) is 5.75 Å². The first kappa shape index (κ1) is 23.3. The zero-order chi connectivity index (χ0) is 22.8. The number of piperidine rings is 1. The molecular weight excluding hydrogens is 422 g/mol. The van der Waals surface area contributed by atoms with Crippen LogP contribution in [0.25, 0.3) is 0 Å². The van der Waals surface area contributed by atoms with Gasteiger partial charge < -0.3 is 19.7 Å². The van der Waals surface area contributed by atoms with Gasteiger partial charge in [-0.25, -0.2) is 4.79 Å². The van der Waals surface area contributed by atoms with Gasteiger partial charge in [-0.15, -0.1) is 0 Å². The number of nitrogens with one attached hydrogen (secondary N) is 2. The van der Waals surface area contributed by atoms with Gasteiger partial charge in [0.2, 0.25) is 5.91 Å². The molecule has 2 atom stereocenters. The molecule has 2 aliphatic heterocycles. The summed E-state index contributed by atoms with van der Waals surface area (Å²) in [4.78, 5) is 38.9. The van der Waals surface area contributed by atoms with Crippen molar-refractivity contribution < 1.29 is 23.9 Å². The van der Waals surface area contributed by atoms with E-state index in [2.05, 4.69) is 16.7 Å². The van der Waals surface area contributed by atoms with Gasteiger partial charge in [0.1, 0.15) is 11.3 Å². The molecule has 0 spiro atoms. The molecule has 3 rings (SSSR count). The zero-order valence-corrected chi connectivity index (χ0v) is 19.2. The number of nitrogens with zero attached hydrogens (tertiary/aromatic N) is 1. The Morgan fingerprint density at radius 2 is 1.97 bits per heavy atom. The maximum atomic E-state index is 13.1. The molecule has 0 aromatic heterocycles. The van der Waals surface area contributed by atoms with Crippen LogP contribution in [0.4, 0.5) is 4.79 Å². The highest BCUT2D eigenvalue weighted by atomic mass is 35.5. The lowest BCUT2D eigenvalue weighted by molar-refractivity contribution is -0.138. The minimum atomic E-state index is -1.21. The number of aryl methyl sites for hydroxylation is 1. The average molecular weight is 452 g/mol. The molecule has 31 heavy (non-hydrogen) atoms. The van der Waals surface area contributed by atoms with Crippen molar-refractivity contribution in [2.75, 3.05) is 33.9 Å². The van der Waals surface area contributed by atoms with Crippen molar-refractivity contribution in [1.29, 1.82) is 0 Å². The third-order valence-corrected chi connectivity index (χ3v) is 6.71. The molecule has 2 fully saturated rings. The molecule has 2 saturated heterocycles. The van der Waals surface area contributed by atoms with Crippen molar-refractivity contribution in [2.24, 2.45) is 5.92 Å². The van der Waals surface area contributed by atoms with Crippen LogP contribution >= 0.6 is 11.6 Å². The van der Waals surface area contributed by atoms with E-state index in [0.29, 0.717) is 29.8 Å². The topological polar surface area (TPSA) is 97.0 Å². The Labute approximate surface area is 187 Å². The molecule has 0 aliphatic carbocycles. The summed E-state index contributed by atoms with van der Waals surface area (Å²) in [6.45, 7) is 5.03. The monoisotopic (exact) mass is 451 g/mol. The summed E-state index contributed by atoms with van der Waals surface area (Å²) in [5.41, 5.74) is 0.933. The minimum absolute atomic E-state index is 0.0159. The van der Waals surface area contributed by atoms with Crippen LogP contribution in [0.15, 0.2) is 12.1 Å². The summed E-state index contributed by atoms with van der Waals surface area (Å²) in [6.07, 6.45) is 1.86. The number of methoxy groups -OCH3 is 2. The fourth-order valence-corrected chi connectivity index (χ4v) is 4.77. The molecule has 9 heteroatoms. The van der Waals surface area contributed by atoms with Gasteiger partial charge in [0.05, 0.1) is 18.7 Å². The van der Waals surface area contributed by atoms with Crippen LogP contribution in [0.1, 0.15) is 43.2 Å². The number of hydrogen-bond acceptors (Lipinski definition) is 5. The molecule has 4 amide bonds. The maximum absolute atomic E-state index is 13.1. The van der Waals surface area contributed by atoms with Crippen LogP contribution in [0.2, 0.25) is 5.02 Å². The quantitative estimate of drug-likeness (QED) is 0.621. The lowest BCUT2D eigenvalue weighted by atomic mass is 9.86. The number of imide groups is 1. The molecule has 1 aromatic rings. The second-order valence-corrected chi connectivity index (χ2v) is 8.86. The van der Waals surface area contributed by atoms with Gasteiger partial charge in [-0.1, -0.05) is 24.6 Å². The Hall–Kier alpha value is -2.32. The molecule has 0 radical (unpaired) electrons. The summed E-state index contributed by atoms with van der Waals surface area (Å²) in [6, 6.07) is 3.51. The molecule has 2 N–H and O–H groups in total. The first-order valence-electron chi connectivity index (χ1n) is 10.5. The van der Waals surface area contributed by atoms with E-state index in [4.69, 9.17) is 21.1 Å². The molecule has 1 aromatic carbocycles. The summed E-state index contributed by atoms with van der Waals surface area (Å²) in [5, 5.41) is 5.51. The molecular formula is C22H30ClN3O5. The number of carbonyl (C=O) groups excluding carboxylic acids is 3. The Kier molecular flexibility index (Phi) is 7.11. The van der Waals surface area contributed by atoms with Crippen molar-refractivity contribution in [3.63, 3.8) is 0 Å². The van der Waals surface area contributed by atoms with Gasteiger partial charge in [-0.2, -0.15) is 0 Å². The highest BCUT2D eigenvalue weighted by Gasteiger charge is 2.48. The van der Waals surface area contributed by atoms with Gasteiger partial charge in [-0.05, 0) is 49.3 Å². The van der Waals surface area contributed by atoms with Gasteiger partial charge >= 0.3 is 6.03 Å². The second-order valence-electron chi connectivity index (χ2n) is 8.48. The van der Waals surface area contributed by atoms with E-state index >= 15 is 0 Å². The number of urea groups is 1. The average Bonchev–Trinajstić information content (AvgIpc) is 3.02. The SMILES string of the molecule is COC[C@]1(CC(C)C(=O)N2CCC(c3cc(C)c(Cl)c(OC)c3)CC2)NC(=O)NC1=O. The van der Waals surface area contributed by atoms with E-state index in [0.717, 1.165) is 18.4 Å². The van der Waals surface area contributed by atoms with Crippen molar-refractivity contribution in [2.45, 2.75) is 44.6 Å². The van der Waals surface area contributed by atoms with Gasteiger partial charge in [-0.3, -0.25) is 14.9 Å². The number of amides is 4. The summed E-state index contributed by atoms with van der Waals surface area (Å²) >= 11 is 6.29. The standard InChI is InChI=1S/C22H30ClN3O5/c1-13-9-16(10-17(31-4)18(13)23)15-5-7-26(8-6-15)19(27)14(2)11-22(12-30-3)20(28)24-21(29)25-22/h9-10,14-15H,5-8,11-12H2,1-4H3,(H2,24,25,28,29)/t14?,22-/m0/s1. The van der Waals surface area contributed by atoms with Crippen LogP contribution in [-0.4, -0.2) is 62.2 Å². The van der Waals surface area contributed by atoms with E-state index in [1.165, 1.54) is 12.7 Å². The summed E-state index contributed by atoms with van der Waals surface area (Å²) in [7, 11) is 3.07. The van der Waals surface area contributed by atoms with Crippen molar-refractivity contribution >= 4 is 29.4 Å². The van der Waals surface area contributed by atoms with Crippen LogP contribution in [0, 0.1) is 12.8 Å². The number of ether oxygens (including phenoxy) is 2. The summed E-state index contributed by atoms with van der Waals surface area (Å²) < 4.78 is 10.5. The summed E-state index contributed by atoms with van der Waals surface area (Å²) in [5.74, 6) is 0.0827. The highest BCUT2D eigenvalue weighted by Crippen LogP contribution is 2.36. The van der Waals surface area contributed by atoms with E-state index in [1.807, 2.05) is 17.9 Å². The predicted octanol–water partition coefficient (Wildman–Crippen LogP) is 2.61. The Bertz CT molecular complexity index is 869. The lowest BCUT2D eigenvalue weighted by Crippen LogP contribution is -2.53. The van der Waals surface area contributed by atoms with Crippen LogP contribution < -0.4 is 15.4 Å². The van der Waals surface area contributed by atoms with Gasteiger partial charge in [0.15, 0.2) is 0 Å². The van der Waals surface area contributed by atoms with E-state index < -0.39 is 23.4 Å². The fourth-order valence-electron chi connectivity index (χ4n) is 4.58. The van der Waals surface area contributed by atoms with Crippen LogP contribution in [-0.2, 0) is 14.3 Å². The number of carbonyl (C=O) groups is 3. The molecule has 170 valence electrons. The molecule has 1 unspecified atom stereocenters. The fraction of sp³-hybridized carbons (Fsp3) is 0.591.